The van der Waals surface area contributed by atoms with Gasteiger partial charge in [0.05, 0.1) is 0 Å². The summed E-state index contributed by atoms with van der Waals surface area (Å²) < 4.78 is 0. The standard InChI is InChI=1S/C18H22ClN/c1-12(2)20-11-16-10-15(6-8-18(16)19)17-7-5-13(3)9-14(17)4/h5-10,12,20H,11H2,1-4H3. The Morgan fingerprint density at radius 2 is 1.80 bits per heavy atom. The predicted octanol–water partition coefficient (Wildman–Crippen LogP) is 5.12. The fourth-order valence-corrected chi connectivity index (χ4v) is 2.51. The fourth-order valence-electron chi connectivity index (χ4n) is 2.33. The quantitative estimate of drug-likeness (QED) is 0.823. The van der Waals surface area contributed by atoms with E-state index in [-0.39, 0.29) is 0 Å². The zero-order valence-corrected chi connectivity index (χ0v) is 13.4. The first-order chi connectivity index (χ1) is 9.47. The van der Waals surface area contributed by atoms with Gasteiger partial charge in [-0.05, 0) is 48.2 Å². The second kappa shape index (κ2) is 6.43. The van der Waals surface area contributed by atoms with Crippen molar-refractivity contribution in [2.75, 3.05) is 0 Å². The molecule has 0 amide bonds. The Morgan fingerprint density at radius 1 is 1.05 bits per heavy atom. The van der Waals surface area contributed by atoms with Gasteiger partial charge >= 0.3 is 0 Å². The van der Waals surface area contributed by atoms with Gasteiger partial charge in [-0.1, -0.05) is 55.3 Å². The summed E-state index contributed by atoms with van der Waals surface area (Å²) in [7, 11) is 0. The van der Waals surface area contributed by atoms with Crippen molar-refractivity contribution in [3.05, 3.63) is 58.1 Å². The van der Waals surface area contributed by atoms with E-state index in [4.69, 9.17) is 11.6 Å². The van der Waals surface area contributed by atoms with Crippen molar-refractivity contribution in [3.63, 3.8) is 0 Å². The molecule has 0 spiro atoms. The van der Waals surface area contributed by atoms with Gasteiger partial charge in [-0.15, -0.1) is 0 Å². The van der Waals surface area contributed by atoms with Crippen molar-refractivity contribution in [1.82, 2.24) is 5.32 Å². The molecule has 2 aromatic rings. The minimum Gasteiger partial charge on any atom is -0.310 e. The molecule has 0 heterocycles. The summed E-state index contributed by atoms with van der Waals surface area (Å²) in [6.07, 6.45) is 0. The highest BCUT2D eigenvalue weighted by molar-refractivity contribution is 6.31. The van der Waals surface area contributed by atoms with E-state index in [1.165, 1.54) is 22.3 Å². The monoisotopic (exact) mass is 287 g/mol. The van der Waals surface area contributed by atoms with Crippen molar-refractivity contribution in [2.45, 2.75) is 40.3 Å². The number of hydrogen-bond donors (Lipinski definition) is 1. The minimum atomic E-state index is 0.454. The summed E-state index contributed by atoms with van der Waals surface area (Å²) in [5, 5.41) is 4.25. The molecule has 1 N–H and O–H groups in total. The first kappa shape index (κ1) is 15.1. The van der Waals surface area contributed by atoms with Crippen LogP contribution in [0.25, 0.3) is 11.1 Å². The van der Waals surface area contributed by atoms with E-state index in [9.17, 15) is 0 Å². The lowest BCUT2D eigenvalue weighted by Crippen LogP contribution is -2.22. The van der Waals surface area contributed by atoms with Gasteiger partial charge in [0, 0.05) is 17.6 Å². The van der Waals surface area contributed by atoms with Crippen LogP contribution in [0.3, 0.4) is 0 Å². The molecule has 0 atom stereocenters. The van der Waals surface area contributed by atoms with E-state index in [1.54, 1.807) is 0 Å². The Bertz CT molecular complexity index is 602. The predicted molar refractivity (Wildman–Crippen MR) is 88.3 cm³/mol. The van der Waals surface area contributed by atoms with Crippen molar-refractivity contribution in [1.29, 1.82) is 0 Å². The highest BCUT2D eigenvalue weighted by atomic mass is 35.5. The van der Waals surface area contributed by atoms with Gasteiger partial charge in [0.15, 0.2) is 0 Å². The zero-order chi connectivity index (χ0) is 14.7. The van der Waals surface area contributed by atoms with Crippen LogP contribution in [0.15, 0.2) is 36.4 Å². The van der Waals surface area contributed by atoms with E-state index < -0.39 is 0 Å². The molecule has 0 fully saturated rings. The molecule has 1 nitrogen and oxygen atoms in total. The molecular formula is C18H22ClN. The third kappa shape index (κ3) is 3.62. The Kier molecular flexibility index (Phi) is 4.85. The van der Waals surface area contributed by atoms with Gasteiger partial charge in [-0.2, -0.15) is 0 Å². The second-order valence-corrected chi connectivity index (χ2v) is 6.07. The number of halogens is 1. The summed E-state index contributed by atoms with van der Waals surface area (Å²) in [6, 6.07) is 13.3. The SMILES string of the molecule is Cc1ccc(-c2ccc(Cl)c(CNC(C)C)c2)c(C)c1. The van der Waals surface area contributed by atoms with Gasteiger partial charge < -0.3 is 5.32 Å². The highest BCUT2D eigenvalue weighted by Crippen LogP contribution is 2.28. The van der Waals surface area contributed by atoms with Crippen LogP contribution in [-0.2, 0) is 6.54 Å². The maximum Gasteiger partial charge on any atom is 0.0451 e. The maximum atomic E-state index is 6.29. The molecule has 0 saturated heterocycles. The van der Waals surface area contributed by atoms with Gasteiger partial charge in [0.1, 0.15) is 0 Å². The van der Waals surface area contributed by atoms with Crippen LogP contribution in [0.2, 0.25) is 5.02 Å². The second-order valence-electron chi connectivity index (χ2n) is 5.66. The Balaban J connectivity index is 2.35. The number of nitrogens with one attached hydrogen (secondary N) is 1. The van der Waals surface area contributed by atoms with Crippen molar-refractivity contribution in [2.24, 2.45) is 0 Å². The molecule has 0 saturated carbocycles. The molecule has 0 aliphatic carbocycles. The van der Waals surface area contributed by atoms with E-state index in [2.05, 4.69) is 63.3 Å². The van der Waals surface area contributed by atoms with Gasteiger partial charge in [0.2, 0.25) is 0 Å². The summed E-state index contributed by atoms with van der Waals surface area (Å²) in [5.74, 6) is 0. The van der Waals surface area contributed by atoms with Crippen LogP contribution in [-0.4, -0.2) is 6.04 Å². The molecule has 0 aliphatic heterocycles. The molecule has 0 aliphatic rings. The normalized spacial score (nSPS) is 11.1. The third-order valence-corrected chi connectivity index (χ3v) is 3.81. The topological polar surface area (TPSA) is 12.0 Å². The maximum absolute atomic E-state index is 6.29. The number of rotatable bonds is 4. The number of hydrogen-bond acceptors (Lipinski definition) is 1. The highest BCUT2D eigenvalue weighted by Gasteiger charge is 2.07. The lowest BCUT2D eigenvalue weighted by molar-refractivity contribution is 0.589. The van der Waals surface area contributed by atoms with Crippen LogP contribution >= 0.6 is 11.6 Å². The fraction of sp³-hybridized carbons (Fsp3) is 0.333. The third-order valence-electron chi connectivity index (χ3n) is 3.44. The first-order valence-corrected chi connectivity index (χ1v) is 7.44. The minimum absolute atomic E-state index is 0.454. The van der Waals surface area contributed by atoms with Gasteiger partial charge in [0.25, 0.3) is 0 Å². The molecule has 0 bridgehead atoms. The molecule has 2 rings (SSSR count). The van der Waals surface area contributed by atoms with Gasteiger partial charge in [-0.25, -0.2) is 0 Å². The van der Waals surface area contributed by atoms with Crippen molar-refractivity contribution < 1.29 is 0 Å². The van der Waals surface area contributed by atoms with E-state index in [0.29, 0.717) is 6.04 Å². The van der Waals surface area contributed by atoms with Crippen molar-refractivity contribution >= 4 is 11.6 Å². The van der Waals surface area contributed by atoms with E-state index >= 15 is 0 Å². The first-order valence-electron chi connectivity index (χ1n) is 7.07. The average Bonchev–Trinajstić information content (AvgIpc) is 2.38. The molecule has 106 valence electrons. The number of aryl methyl sites for hydroxylation is 2. The molecule has 0 aromatic heterocycles. The van der Waals surface area contributed by atoms with Crippen LogP contribution in [0.4, 0.5) is 0 Å². The van der Waals surface area contributed by atoms with Crippen LogP contribution in [0, 0.1) is 13.8 Å². The van der Waals surface area contributed by atoms with Crippen LogP contribution < -0.4 is 5.32 Å². The summed E-state index contributed by atoms with van der Waals surface area (Å²) in [6.45, 7) is 9.36. The smallest absolute Gasteiger partial charge is 0.0451 e. The summed E-state index contributed by atoms with van der Waals surface area (Å²) >= 11 is 6.29. The largest absolute Gasteiger partial charge is 0.310 e. The zero-order valence-electron chi connectivity index (χ0n) is 12.6. The average molecular weight is 288 g/mol. The van der Waals surface area contributed by atoms with Crippen LogP contribution in [0.5, 0.6) is 0 Å². The van der Waals surface area contributed by atoms with E-state index in [0.717, 1.165) is 17.1 Å². The molecule has 0 unspecified atom stereocenters. The lowest BCUT2D eigenvalue weighted by atomic mass is 9.97. The molecular weight excluding hydrogens is 266 g/mol. The molecule has 0 radical (unpaired) electrons. The molecule has 20 heavy (non-hydrogen) atoms. The number of benzene rings is 2. The Labute approximate surface area is 127 Å². The Hall–Kier alpha value is -1.31. The van der Waals surface area contributed by atoms with Gasteiger partial charge in [-0.3, -0.25) is 0 Å². The molecule has 2 aromatic carbocycles. The summed E-state index contributed by atoms with van der Waals surface area (Å²) in [4.78, 5) is 0. The van der Waals surface area contributed by atoms with Crippen molar-refractivity contribution in [3.8, 4) is 11.1 Å². The summed E-state index contributed by atoms with van der Waals surface area (Å²) in [5.41, 5.74) is 6.25. The van der Waals surface area contributed by atoms with E-state index in [1.807, 2.05) is 6.07 Å². The Morgan fingerprint density at radius 3 is 2.45 bits per heavy atom. The van der Waals surface area contributed by atoms with Crippen LogP contribution in [0.1, 0.15) is 30.5 Å². The molecule has 2 heteroatoms. The lowest BCUT2D eigenvalue weighted by Gasteiger charge is -2.13.